The molecule has 0 aliphatic rings. The van der Waals surface area contributed by atoms with E-state index in [1.54, 1.807) is 11.8 Å². The molecule has 1 heterocycles. The SMILES string of the molecule is CSCC[C@H](N)c1nc(Cc2ccc(Cl)cc2)no1. The van der Waals surface area contributed by atoms with E-state index in [2.05, 4.69) is 10.1 Å². The second kappa shape index (κ2) is 6.93. The number of benzene rings is 1. The molecule has 2 N–H and O–H groups in total. The van der Waals surface area contributed by atoms with Gasteiger partial charge in [0.1, 0.15) is 0 Å². The van der Waals surface area contributed by atoms with Crippen LogP contribution in [0.1, 0.15) is 29.7 Å². The number of hydrogen-bond donors (Lipinski definition) is 1. The van der Waals surface area contributed by atoms with Crippen LogP contribution in [0, 0.1) is 0 Å². The largest absolute Gasteiger partial charge is 0.338 e. The van der Waals surface area contributed by atoms with Crippen LogP contribution in [0.3, 0.4) is 0 Å². The Bertz CT molecular complexity index is 515. The van der Waals surface area contributed by atoms with Crippen molar-refractivity contribution in [2.75, 3.05) is 12.0 Å². The maximum absolute atomic E-state index is 5.98. The molecule has 0 amide bonds. The van der Waals surface area contributed by atoms with Crippen molar-refractivity contribution in [3.05, 3.63) is 46.6 Å². The molecule has 1 aromatic heterocycles. The first-order valence-corrected chi connectivity index (χ1v) is 7.77. The molecular weight excluding hydrogens is 282 g/mol. The summed E-state index contributed by atoms with van der Waals surface area (Å²) in [5.74, 6) is 2.14. The van der Waals surface area contributed by atoms with Gasteiger partial charge in [0.2, 0.25) is 5.89 Å². The molecule has 102 valence electrons. The van der Waals surface area contributed by atoms with E-state index in [9.17, 15) is 0 Å². The van der Waals surface area contributed by atoms with Crippen molar-refractivity contribution in [3.63, 3.8) is 0 Å². The molecule has 0 fully saturated rings. The van der Waals surface area contributed by atoms with Crippen LogP contribution in [0.5, 0.6) is 0 Å². The molecule has 0 unspecified atom stereocenters. The van der Waals surface area contributed by atoms with Crippen molar-refractivity contribution in [2.24, 2.45) is 5.73 Å². The Balaban J connectivity index is 1.98. The summed E-state index contributed by atoms with van der Waals surface area (Å²) in [7, 11) is 0. The van der Waals surface area contributed by atoms with Crippen molar-refractivity contribution in [2.45, 2.75) is 18.9 Å². The van der Waals surface area contributed by atoms with E-state index in [0.717, 1.165) is 22.8 Å². The highest BCUT2D eigenvalue weighted by molar-refractivity contribution is 7.98. The van der Waals surface area contributed by atoms with Crippen molar-refractivity contribution < 1.29 is 4.52 Å². The molecule has 2 rings (SSSR count). The van der Waals surface area contributed by atoms with Crippen LogP contribution in [-0.4, -0.2) is 22.1 Å². The van der Waals surface area contributed by atoms with Crippen LogP contribution in [0.2, 0.25) is 5.02 Å². The number of nitrogens with two attached hydrogens (primary N) is 1. The standard InChI is InChI=1S/C13H16ClN3OS/c1-19-7-6-11(15)13-16-12(17-18-13)8-9-2-4-10(14)5-3-9/h2-5,11H,6-8,15H2,1H3/t11-/m0/s1. The Morgan fingerprint density at radius 3 is 2.79 bits per heavy atom. The first kappa shape index (κ1) is 14.4. The van der Waals surface area contributed by atoms with Gasteiger partial charge >= 0.3 is 0 Å². The second-order valence-corrected chi connectivity index (χ2v) is 5.66. The third-order valence-corrected chi connectivity index (χ3v) is 3.61. The van der Waals surface area contributed by atoms with E-state index >= 15 is 0 Å². The fourth-order valence-electron chi connectivity index (χ4n) is 1.64. The summed E-state index contributed by atoms with van der Waals surface area (Å²) in [4.78, 5) is 4.34. The molecule has 1 aromatic carbocycles. The van der Waals surface area contributed by atoms with Crippen molar-refractivity contribution in [1.29, 1.82) is 0 Å². The normalized spacial score (nSPS) is 12.6. The van der Waals surface area contributed by atoms with Crippen molar-refractivity contribution >= 4 is 23.4 Å². The zero-order valence-corrected chi connectivity index (χ0v) is 12.2. The molecule has 0 aliphatic heterocycles. The third-order valence-electron chi connectivity index (χ3n) is 2.71. The van der Waals surface area contributed by atoms with Gasteiger partial charge in [-0.25, -0.2) is 0 Å². The number of thioether (sulfide) groups is 1. The maximum Gasteiger partial charge on any atom is 0.243 e. The van der Waals surface area contributed by atoms with E-state index in [4.69, 9.17) is 21.9 Å². The van der Waals surface area contributed by atoms with Gasteiger partial charge < -0.3 is 10.3 Å². The summed E-state index contributed by atoms with van der Waals surface area (Å²) < 4.78 is 5.20. The average molecular weight is 298 g/mol. The van der Waals surface area contributed by atoms with Crippen molar-refractivity contribution in [1.82, 2.24) is 10.1 Å². The molecule has 4 nitrogen and oxygen atoms in total. The summed E-state index contributed by atoms with van der Waals surface area (Å²) in [6.07, 6.45) is 3.51. The van der Waals surface area contributed by atoms with Crippen LogP contribution >= 0.6 is 23.4 Å². The summed E-state index contributed by atoms with van der Waals surface area (Å²) >= 11 is 7.59. The minimum Gasteiger partial charge on any atom is -0.338 e. The van der Waals surface area contributed by atoms with E-state index < -0.39 is 0 Å². The second-order valence-electron chi connectivity index (χ2n) is 4.24. The van der Waals surface area contributed by atoms with Gasteiger partial charge in [0, 0.05) is 11.4 Å². The van der Waals surface area contributed by atoms with E-state index in [1.165, 1.54) is 0 Å². The summed E-state index contributed by atoms with van der Waals surface area (Å²) in [6.45, 7) is 0. The Kier molecular flexibility index (Phi) is 5.24. The number of halogens is 1. The number of aromatic nitrogens is 2. The monoisotopic (exact) mass is 297 g/mol. The van der Waals surface area contributed by atoms with Crippen LogP contribution < -0.4 is 5.73 Å². The minimum absolute atomic E-state index is 0.182. The van der Waals surface area contributed by atoms with Crippen LogP contribution in [0.25, 0.3) is 0 Å². The molecule has 0 spiro atoms. The third kappa shape index (κ3) is 4.23. The Morgan fingerprint density at radius 2 is 2.11 bits per heavy atom. The fraction of sp³-hybridized carbons (Fsp3) is 0.385. The highest BCUT2D eigenvalue weighted by Crippen LogP contribution is 2.16. The maximum atomic E-state index is 5.98. The zero-order chi connectivity index (χ0) is 13.7. The Hall–Kier alpha value is -1.04. The lowest BCUT2D eigenvalue weighted by molar-refractivity contribution is 0.349. The molecule has 2 aromatic rings. The molecule has 0 saturated carbocycles. The van der Waals surface area contributed by atoms with Gasteiger partial charge in [0.05, 0.1) is 6.04 Å². The molecule has 19 heavy (non-hydrogen) atoms. The van der Waals surface area contributed by atoms with Crippen LogP contribution in [0.4, 0.5) is 0 Å². The summed E-state index contributed by atoms with van der Waals surface area (Å²) in [6, 6.07) is 7.42. The van der Waals surface area contributed by atoms with Gasteiger partial charge in [0.25, 0.3) is 0 Å². The summed E-state index contributed by atoms with van der Waals surface area (Å²) in [5.41, 5.74) is 7.07. The predicted molar refractivity (Wildman–Crippen MR) is 78.5 cm³/mol. The molecule has 0 saturated heterocycles. The van der Waals surface area contributed by atoms with E-state index in [-0.39, 0.29) is 6.04 Å². The minimum atomic E-state index is -0.182. The lowest BCUT2D eigenvalue weighted by Crippen LogP contribution is -2.11. The molecule has 6 heteroatoms. The van der Waals surface area contributed by atoms with Gasteiger partial charge in [-0.1, -0.05) is 28.9 Å². The van der Waals surface area contributed by atoms with Crippen LogP contribution in [-0.2, 0) is 6.42 Å². The lowest BCUT2D eigenvalue weighted by atomic mass is 10.1. The smallest absolute Gasteiger partial charge is 0.243 e. The van der Waals surface area contributed by atoms with Crippen LogP contribution in [0.15, 0.2) is 28.8 Å². The van der Waals surface area contributed by atoms with Gasteiger partial charge in [-0.2, -0.15) is 16.7 Å². The molecule has 0 radical (unpaired) electrons. The quantitative estimate of drug-likeness (QED) is 0.887. The fourth-order valence-corrected chi connectivity index (χ4v) is 2.26. The lowest BCUT2D eigenvalue weighted by Gasteiger charge is -2.03. The highest BCUT2D eigenvalue weighted by atomic mass is 35.5. The Labute approximate surface area is 121 Å². The van der Waals surface area contributed by atoms with Gasteiger partial charge in [-0.15, -0.1) is 0 Å². The highest BCUT2D eigenvalue weighted by Gasteiger charge is 2.14. The number of rotatable bonds is 6. The predicted octanol–water partition coefficient (Wildman–Crippen LogP) is 3.07. The number of hydrogen-bond acceptors (Lipinski definition) is 5. The van der Waals surface area contributed by atoms with Gasteiger partial charge in [0.15, 0.2) is 5.82 Å². The molecule has 0 bridgehead atoms. The first-order valence-electron chi connectivity index (χ1n) is 6.00. The van der Waals surface area contributed by atoms with Gasteiger partial charge in [-0.3, -0.25) is 0 Å². The topological polar surface area (TPSA) is 64.9 Å². The summed E-state index contributed by atoms with van der Waals surface area (Å²) in [5, 5.41) is 4.68. The van der Waals surface area contributed by atoms with E-state index in [0.29, 0.717) is 18.1 Å². The Morgan fingerprint density at radius 1 is 1.37 bits per heavy atom. The first-order chi connectivity index (χ1) is 9.19. The van der Waals surface area contributed by atoms with Crippen molar-refractivity contribution in [3.8, 4) is 0 Å². The zero-order valence-electron chi connectivity index (χ0n) is 10.7. The average Bonchev–Trinajstić information content (AvgIpc) is 2.87. The number of nitrogens with zero attached hydrogens (tertiary/aromatic N) is 2. The van der Waals surface area contributed by atoms with Gasteiger partial charge in [-0.05, 0) is 36.1 Å². The molecule has 0 aliphatic carbocycles. The molecule has 1 atom stereocenters. The van der Waals surface area contributed by atoms with E-state index in [1.807, 2.05) is 30.5 Å². The molecular formula is C13H16ClN3OS.